The minimum absolute atomic E-state index is 0.0665. The molecule has 0 fully saturated rings. The van der Waals surface area contributed by atoms with Gasteiger partial charge in [-0.15, -0.1) is 0 Å². The van der Waals surface area contributed by atoms with Gasteiger partial charge in [-0.25, -0.2) is 4.79 Å². The molecule has 5 heteroatoms. The Labute approximate surface area is 144 Å². The average Bonchev–Trinajstić information content (AvgIpc) is 2.49. The summed E-state index contributed by atoms with van der Waals surface area (Å²) < 4.78 is 10.6. The smallest absolute Gasteiger partial charge is 0.407 e. The van der Waals surface area contributed by atoms with E-state index in [1.54, 1.807) is 6.92 Å². The highest BCUT2D eigenvalue weighted by Gasteiger charge is 2.32. The highest BCUT2D eigenvalue weighted by Crippen LogP contribution is 2.18. The van der Waals surface area contributed by atoms with E-state index in [-0.39, 0.29) is 24.5 Å². The molecule has 0 spiro atoms. The SMILES string of the molecule is CC(C)C(NC(=O)OCc1ccccc1)C(C)C(=O)OC(C)(C)C. The molecule has 1 rings (SSSR count). The third-order valence-electron chi connectivity index (χ3n) is 3.53. The van der Waals surface area contributed by atoms with E-state index in [0.717, 1.165) is 5.56 Å². The van der Waals surface area contributed by atoms with Crippen molar-refractivity contribution in [3.8, 4) is 0 Å². The molecule has 0 saturated carbocycles. The fourth-order valence-electron chi connectivity index (χ4n) is 2.31. The summed E-state index contributed by atoms with van der Waals surface area (Å²) in [5.41, 5.74) is 0.356. The largest absolute Gasteiger partial charge is 0.460 e. The summed E-state index contributed by atoms with van der Waals surface area (Å²) in [6, 6.07) is 9.09. The lowest BCUT2D eigenvalue weighted by molar-refractivity contribution is -0.160. The molecule has 1 N–H and O–H groups in total. The molecule has 0 heterocycles. The fraction of sp³-hybridized carbons (Fsp3) is 0.579. The number of alkyl carbamates (subject to hydrolysis) is 1. The van der Waals surface area contributed by atoms with Crippen LogP contribution in [0.25, 0.3) is 0 Å². The van der Waals surface area contributed by atoms with Crippen molar-refractivity contribution in [2.24, 2.45) is 11.8 Å². The highest BCUT2D eigenvalue weighted by molar-refractivity contribution is 5.75. The Hall–Kier alpha value is -2.04. The quantitative estimate of drug-likeness (QED) is 0.800. The summed E-state index contributed by atoms with van der Waals surface area (Å²) in [7, 11) is 0. The second-order valence-corrected chi connectivity index (χ2v) is 7.30. The van der Waals surface area contributed by atoms with E-state index in [2.05, 4.69) is 5.32 Å². The number of nitrogens with one attached hydrogen (secondary N) is 1. The lowest BCUT2D eigenvalue weighted by Crippen LogP contribution is -2.47. The predicted octanol–water partition coefficient (Wildman–Crippen LogP) is 3.92. The van der Waals surface area contributed by atoms with Crippen molar-refractivity contribution in [1.82, 2.24) is 5.32 Å². The Morgan fingerprint density at radius 2 is 1.67 bits per heavy atom. The van der Waals surface area contributed by atoms with Crippen molar-refractivity contribution in [2.45, 2.75) is 59.8 Å². The second kappa shape index (κ2) is 8.71. The lowest BCUT2D eigenvalue weighted by Gasteiger charge is -2.29. The number of benzene rings is 1. The van der Waals surface area contributed by atoms with Crippen LogP contribution in [0, 0.1) is 11.8 Å². The first-order valence-electron chi connectivity index (χ1n) is 8.30. The van der Waals surface area contributed by atoms with Crippen molar-refractivity contribution in [1.29, 1.82) is 0 Å². The van der Waals surface area contributed by atoms with Crippen molar-refractivity contribution in [3.63, 3.8) is 0 Å². The molecular weight excluding hydrogens is 306 g/mol. The first-order chi connectivity index (χ1) is 11.1. The van der Waals surface area contributed by atoms with Crippen LogP contribution in [-0.2, 0) is 20.9 Å². The van der Waals surface area contributed by atoms with E-state index in [1.165, 1.54) is 0 Å². The van der Waals surface area contributed by atoms with Gasteiger partial charge in [0.05, 0.1) is 5.92 Å². The Morgan fingerprint density at radius 1 is 1.08 bits per heavy atom. The van der Waals surface area contributed by atoms with Gasteiger partial charge < -0.3 is 14.8 Å². The standard InChI is InChI=1S/C19H29NO4/c1-13(2)16(14(3)17(21)24-19(4,5)6)20-18(22)23-12-15-10-8-7-9-11-15/h7-11,13-14,16H,12H2,1-6H3,(H,20,22). The molecule has 134 valence electrons. The highest BCUT2D eigenvalue weighted by atomic mass is 16.6. The van der Waals surface area contributed by atoms with Crippen LogP contribution in [0.4, 0.5) is 4.79 Å². The molecular formula is C19H29NO4. The fourth-order valence-corrected chi connectivity index (χ4v) is 2.31. The monoisotopic (exact) mass is 335 g/mol. The van der Waals surface area contributed by atoms with Crippen LogP contribution in [0.2, 0.25) is 0 Å². The first kappa shape index (κ1) is 20.0. The summed E-state index contributed by atoms with van der Waals surface area (Å²) in [6.07, 6.45) is -0.534. The molecule has 0 aliphatic carbocycles. The number of esters is 1. The Kier molecular flexibility index (Phi) is 7.26. The Bertz CT molecular complexity index is 534. The van der Waals surface area contributed by atoms with E-state index in [1.807, 2.05) is 65.0 Å². The maximum Gasteiger partial charge on any atom is 0.407 e. The number of carbonyl (C=O) groups excluding carboxylic acids is 2. The van der Waals surface area contributed by atoms with Crippen LogP contribution in [0.5, 0.6) is 0 Å². The number of amides is 1. The third kappa shape index (κ3) is 7.02. The van der Waals surface area contributed by atoms with Crippen molar-refractivity contribution >= 4 is 12.1 Å². The second-order valence-electron chi connectivity index (χ2n) is 7.30. The minimum Gasteiger partial charge on any atom is -0.460 e. The molecule has 0 aliphatic heterocycles. The van der Waals surface area contributed by atoms with Crippen LogP contribution < -0.4 is 5.32 Å². The van der Waals surface area contributed by atoms with Crippen LogP contribution in [0.15, 0.2) is 30.3 Å². The first-order valence-corrected chi connectivity index (χ1v) is 8.30. The van der Waals surface area contributed by atoms with Gasteiger partial charge in [-0.3, -0.25) is 4.79 Å². The zero-order valence-corrected chi connectivity index (χ0v) is 15.5. The summed E-state index contributed by atoms with van der Waals surface area (Å²) in [4.78, 5) is 24.3. The maximum absolute atomic E-state index is 12.3. The van der Waals surface area contributed by atoms with Crippen molar-refractivity contribution < 1.29 is 19.1 Å². The van der Waals surface area contributed by atoms with Crippen LogP contribution in [-0.4, -0.2) is 23.7 Å². The molecule has 5 nitrogen and oxygen atoms in total. The van der Waals surface area contributed by atoms with E-state index in [4.69, 9.17) is 9.47 Å². The molecule has 0 radical (unpaired) electrons. The lowest BCUT2D eigenvalue weighted by atomic mass is 9.92. The van der Waals surface area contributed by atoms with Crippen LogP contribution >= 0.6 is 0 Å². The third-order valence-corrected chi connectivity index (χ3v) is 3.53. The molecule has 1 aromatic carbocycles. The molecule has 1 amide bonds. The zero-order valence-electron chi connectivity index (χ0n) is 15.5. The number of ether oxygens (including phenoxy) is 2. The number of hydrogen-bond donors (Lipinski definition) is 1. The van der Waals surface area contributed by atoms with E-state index >= 15 is 0 Å². The van der Waals surface area contributed by atoms with Gasteiger partial charge in [0.15, 0.2) is 0 Å². The Morgan fingerprint density at radius 3 is 2.17 bits per heavy atom. The summed E-state index contributed by atoms with van der Waals surface area (Å²) >= 11 is 0. The molecule has 0 aliphatic rings. The van der Waals surface area contributed by atoms with Gasteiger partial charge in [0, 0.05) is 6.04 Å². The average molecular weight is 335 g/mol. The van der Waals surface area contributed by atoms with Crippen molar-refractivity contribution in [2.75, 3.05) is 0 Å². The zero-order chi connectivity index (χ0) is 18.3. The number of hydrogen-bond acceptors (Lipinski definition) is 4. The van der Waals surface area contributed by atoms with E-state index in [0.29, 0.717) is 0 Å². The topological polar surface area (TPSA) is 64.6 Å². The van der Waals surface area contributed by atoms with Gasteiger partial charge in [0.2, 0.25) is 0 Å². The molecule has 0 saturated heterocycles. The minimum atomic E-state index is -0.555. The molecule has 24 heavy (non-hydrogen) atoms. The number of carbonyl (C=O) groups is 2. The van der Waals surface area contributed by atoms with Crippen LogP contribution in [0.3, 0.4) is 0 Å². The molecule has 0 bridgehead atoms. The molecule has 2 atom stereocenters. The van der Waals surface area contributed by atoms with E-state index < -0.39 is 17.6 Å². The van der Waals surface area contributed by atoms with Gasteiger partial charge in [-0.05, 0) is 39.2 Å². The van der Waals surface area contributed by atoms with Gasteiger partial charge in [0.1, 0.15) is 12.2 Å². The summed E-state index contributed by atoms with van der Waals surface area (Å²) in [6.45, 7) is 11.3. The normalized spacial score (nSPS) is 14.0. The van der Waals surface area contributed by atoms with Crippen LogP contribution in [0.1, 0.15) is 47.1 Å². The van der Waals surface area contributed by atoms with Crippen molar-refractivity contribution in [3.05, 3.63) is 35.9 Å². The van der Waals surface area contributed by atoms with Gasteiger partial charge in [-0.2, -0.15) is 0 Å². The van der Waals surface area contributed by atoms with Gasteiger partial charge >= 0.3 is 12.1 Å². The molecule has 1 aromatic rings. The summed E-state index contributed by atoms with van der Waals surface area (Å²) in [5.74, 6) is -0.727. The van der Waals surface area contributed by atoms with E-state index in [9.17, 15) is 9.59 Å². The van der Waals surface area contributed by atoms with Gasteiger partial charge in [-0.1, -0.05) is 44.2 Å². The van der Waals surface area contributed by atoms with Gasteiger partial charge in [0.25, 0.3) is 0 Å². The Balaban J connectivity index is 2.61. The number of rotatable bonds is 6. The molecule has 0 aromatic heterocycles. The summed E-state index contributed by atoms with van der Waals surface area (Å²) in [5, 5.41) is 2.79. The maximum atomic E-state index is 12.3. The molecule has 2 unspecified atom stereocenters. The predicted molar refractivity (Wildman–Crippen MR) is 93.4 cm³/mol.